The smallest absolute Gasteiger partial charge is 0.301 e. The van der Waals surface area contributed by atoms with Gasteiger partial charge in [0.05, 0.1) is 5.92 Å². The quantitative estimate of drug-likeness (QED) is 0.262. The van der Waals surface area contributed by atoms with Crippen molar-refractivity contribution in [1.82, 2.24) is 0 Å². The third-order valence-corrected chi connectivity index (χ3v) is 3.43. The van der Waals surface area contributed by atoms with Crippen LogP contribution in [0.15, 0.2) is 0 Å². The Hall–Kier alpha value is -1.14. The number of rotatable bonds is 12. The van der Waals surface area contributed by atoms with Crippen molar-refractivity contribution in [3.63, 3.8) is 0 Å². The van der Waals surface area contributed by atoms with Crippen LogP contribution in [-0.4, -0.2) is 22.8 Å². The first-order chi connectivity index (χ1) is 12.1. The molecule has 156 valence electrons. The molecule has 1 N–H and O–H groups in total. The van der Waals surface area contributed by atoms with Crippen LogP contribution in [-0.2, 0) is 24.3 Å². The molecule has 0 aromatic carbocycles. The van der Waals surface area contributed by atoms with Gasteiger partial charge in [0.15, 0.2) is 0 Å². The van der Waals surface area contributed by atoms with Gasteiger partial charge in [-0.1, -0.05) is 72.1 Å². The Balaban J connectivity index is 0. The summed E-state index contributed by atoms with van der Waals surface area (Å²) in [6.45, 7) is 11.2. The molecule has 0 aliphatic rings. The molecule has 0 heterocycles. The summed E-state index contributed by atoms with van der Waals surface area (Å²) < 4.78 is 0. The van der Waals surface area contributed by atoms with Crippen molar-refractivity contribution >= 4 is 11.9 Å². The Bertz CT molecular complexity index is 347. The normalized spacial score (nSPS) is 10.9. The highest BCUT2D eigenvalue weighted by Crippen LogP contribution is 2.10. The summed E-state index contributed by atoms with van der Waals surface area (Å²) in [6, 6.07) is 0. The van der Waals surface area contributed by atoms with Crippen LogP contribution in [0.2, 0.25) is 0 Å². The van der Waals surface area contributed by atoms with Gasteiger partial charge in [-0.25, -0.2) is 9.59 Å². The third-order valence-electron chi connectivity index (χ3n) is 3.43. The Morgan fingerprint density at radius 2 is 1.35 bits per heavy atom. The summed E-state index contributed by atoms with van der Waals surface area (Å²) in [5.41, 5.74) is -0.426. The predicted octanol–water partition coefficient (Wildman–Crippen LogP) is 5.84. The van der Waals surface area contributed by atoms with E-state index >= 15 is 0 Å². The molecule has 6 heteroatoms. The van der Waals surface area contributed by atoms with Crippen LogP contribution >= 0.6 is 0 Å². The average molecular weight is 377 g/mol. The number of carbonyl (C=O) groups excluding carboxylic acids is 2. The zero-order chi connectivity index (χ0) is 20.4. The minimum Gasteiger partial charge on any atom is -0.301 e. The van der Waals surface area contributed by atoms with E-state index in [0.717, 1.165) is 12.8 Å². The summed E-state index contributed by atoms with van der Waals surface area (Å²) in [7, 11) is 0. The van der Waals surface area contributed by atoms with E-state index in [0.29, 0.717) is 6.42 Å². The average Bonchev–Trinajstić information content (AvgIpc) is 2.57. The monoisotopic (exact) mass is 376 g/mol. The van der Waals surface area contributed by atoms with Gasteiger partial charge < -0.3 is 4.89 Å². The molecule has 0 radical (unpaired) electrons. The van der Waals surface area contributed by atoms with E-state index in [9.17, 15) is 9.59 Å². The Morgan fingerprint density at radius 1 is 0.885 bits per heavy atom. The van der Waals surface area contributed by atoms with Crippen LogP contribution in [0.5, 0.6) is 0 Å². The summed E-state index contributed by atoms with van der Waals surface area (Å²) in [5.74, 6) is -0.991. The van der Waals surface area contributed by atoms with E-state index in [1.807, 2.05) is 20.8 Å². The molecule has 0 aliphatic carbocycles. The molecule has 0 bridgehead atoms. The first kappa shape index (κ1) is 27.1. The fourth-order valence-corrected chi connectivity index (χ4v) is 1.89. The number of hydrogen-bond donors (Lipinski definition) is 1. The van der Waals surface area contributed by atoms with Crippen LogP contribution in [0.3, 0.4) is 0 Å². The van der Waals surface area contributed by atoms with Crippen LogP contribution in [0.1, 0.15) is 106 Å². The molecular weight excluding hydrogens is 336 g/mol. The molecule has 0 fully saturated rings. The van der Waals surface area contributed by atoms with Crippen molar-refractivity contribution < 1.29 is 29.5 Å². The molecule has 0 saturated carbocycles. The van der Waals surface area contributed by atoms with Crippen LogP contribution in [0.4, 0.5) is 0 Å². The molecule has 0 aliphatic heterocycles. The number of unbranched alkanes of at least 4 members (excludes halogenated alkanes) is 8. The SMILES string of the molecule is CC(C)C(=O)OOC(C)(C)C.CCCCCCCCCCCC(=O)OO. The highest BCUT2D eigenvalue weighted by molar-refractivity contribution is 5.70. The second-order valence-electron chi connectivity index (χ2n) is 7.79. The standard InChI is InChI=1S/C12H24O3.C8H16O3/c1-2-3-4-5-6-7-8-9-10-11-12(13)15-14;1-6(2)7(9)10-11-8(3,4)5/h14H,2-11H2,1H3;6H,1-5H3. The fourth-order valence-electron chi connectivity index (χ4n) is 1.89. The van der Waals surface area contributed by atoms with Crippen molar-refractivity contribution in [2.24, 2.45) is 5.92 Å². The zero-order valence-corrected chi connectivity index (χ0v) is 17.6. The first-order valence-corrected chi connectivity index (χ1v) is 9.87. The lowest BCUT2D eigenvalue weighted by molar-refractivity contribution is -0.322. The third kappa shape index (κ3) is 22.9. The molecule has 0 saturated heterocycles. The Labute approximate surface area is 159 Å². The Morgan fingerprint density at radius 3 is 1.73 bits per heavy atom. The van der Waals surface area contributed by atoms with Crippen molar-refractivity contribution in [1.29, 1.82) is 0 Å². The lowest BCUT2D eigenvalue weighted by Crippen LogP contribution is -2.23. The van der Waals surface area contributed by atoms with Crippen molar-refractivity contribution in [3.8, 4) is 0 Å². The molecule has 0 aromatic heterocycles. The van der Waals surface area contributed by atoms with Gasteiger partial charge in [0.2, 0.25) is 0 Å². The molecule has 0 unspecified atom stereocenters. The highest BCUT2D eigenvalue weighted by Gasteiger charge is 2.16. The topological polar surface area (TPSA) is 82.1 Å². The van der Waals surface area contributed by atoms with Crippen LogP contribution in [0.25, 0.3) is 0 Å². The van der Waals surface area contributed by atoms with E-state index in [1.54, 1.807) is 13.8 Å². The molecule has 26 heavy (non-hydrogen) atoms. The largest absolute Gasteiger partial charge is 0.344 e. The van der Waals surface area contributed by atoms with E-state index in [4.69, 9.17) is 10.1 Å². The van der Waals surface area contributed by atoms with E-state index < -0.39 is 11.6 Å². The summed E-state index contributed by atoms with van der Waals surface area (Å²) in [5, 5.41) is 8.01. The van der Waals surface area contributed by atoms with Gasteiger partial charge in [0.25, 0.3) is 0 Å². The predicted molar refractivity (Wildman–Crippen MR) is 102 cm³/mol. The first-order valence-electron chi connectivity index (χ1n) is 9.87. The lowest BCUT2D eigenvalue weighted by atomic mass is 10.1. The maximum atomic E-state index is 10.8. The van der Waals surface area contributed by atoms with Gasteiger partial charge in [-0.2, -0.15) is 10.1 Å². The Kier molecular flexibility index (Phi) is 18.0. The summed E-state index contributed by atoms with van der Waals surface area (Å²) >= 11 is 0. The maximum Gasteiger partial charge on any atom is 0.344 e. The molecule has 0 aromatic rings. The highest BCUT2D eigenvalue weighted by atomic mass is 17.2. The van der Waals surface area contributed by atoms with Gasteiger partial charge in [0.1, 0.15) is 5.60 Å². The van der Waals surface area contributed by atoms with Gasteiger partial charge in [0, 0.05) is 6.42 Å². The van der Waals surface area contributed by atoms with E-state index in [2.05, 4.69) is 16.7 Å². The minimum atomic E-state index is -0.516. The van der Waals surface area contributed by atoms with Crippen molar-refractivity contribution in [3.05, 3.63) is 0 Å². The fraction of sp³-hybridized carbons (Fsp3) is 0.900. The van der Waals surface area contributed by atoms with Crippen molar-refractivity contribution in [2.45, 2.75) is 111 Å². The summed E-state index contributed by atoms with van der Waals surface area (Å²) in [6.07, 6.45) is 11.3. The zero-order valence-electron chi connectivity index (χ0n) is 17.6. The van der Waals surface area contributed by atoms with Gasteiger partial charge in [-0.3, -0.25) is 4.89 Å². The van der Waals surface area contributed by atoms with Gasteiger partial charge >= 0.3 is 11.9 Å². The van der Waals surface area contributed by atoms with E-state index in [-0.39, 0.29) is 11.9 Å². The molecule has 0 amide bonds. The molecule has 0 spiro atoms. The van der Waals surface area contributed by atoms with Crippen LogP contribution in [0, 0.1) is 5.92 Å². The minimum absolute atomic E-state index is 0.141. The van der Waals surface area contributed by atoms with Crippen LogP contribution < -0.4 is 0 Å². The second-order valence-corrected chi connectivity index (χ2v) is 7.79. The van der Waals surface area contributed by atoms with E-state index in [1.165, 1.54) is 44.9 Å². The molecule has 0 rings (SSSR count). The van der Waals surface area contributed by atoms with Crippen molar-refractivity contribution in [2.75, 3.05) is 0 Å². The second kappa shape index (κ2) is 17.3. The number of hydrogen-bond acceptors (Lipinski definition) is 6. The van der Waals surface area contributed by atoms with Gasteiger partial charge in [-0.05, 0) is 27.2 Å². The van der Waals surface area contributed by atoms with Gasteiger partial charge in [-0.15, -0.1) is 0 Å². The molecular formula is C20H40O6. The summed E-state index contributed by atoms with van der Waals surface area (Å²) in [4.78, 5) is 34.3. The molecule has 6 nitrogen and oxygen atoms in total. The number of carbonyl (C=O) groups is 2. The molecule has 0 atom stereocenters. The lowest BCUT2D eigenvalue weighted by Gasteiger charge is -2.17. The maximum absolute atomic E-state index is 10.8.